The second-order valence-electron chi connectivity index (χ2n) is 3.63. The minimum Gasteiger partial charge on any atom is -0.440 e. The largest absolute Gasteiger partial charge is 0.440 e. The Labute approximate surface area is 77.6 Å². The molecule has 0 saturated carbocycles. The zero-order chi connectivity index (χ0) is 9.42. The van der Waals surface area contributed by atoms with E-state index in [2.05, 4.69) is 31.8 Å². The van der Waals surface area contributed by atoms with Crippen LogP contribution in [0.2, 0.25) is 0 Å². The van der Waals surface area contributed by atoms with E-state index in [4.69, 9.17) is 4.42 Å². The number of nitrogens with zero attached hydrogens (tertiary/aromatic N) is 1. The standard InChI is InChI=1S/C11H13NO/c1-7(2)11-12-10-8(3)5-4-6-9(10)13-11/h4-7H,1-3H3. The molecule has 0 saturated heterocycles. The van der Waals surface area contributed by atoms with E-state index in [1.54, 1.807) is 0 Å². The first-order chi connectivity index (χ1) is 6.18. The first-order valence-corrected chi connectivity index (χ1v) is 4.54. The molecule has 0 N–H and O–H groups in total. The maximum absolute atomic E-state index is 5.60. The van der Waals surface area contributed by atoms with Gasteiger partial charge in [0.2, 0.25) is 0 Å². The van der Waals surface area contributed by atoms with E-state index in [1.807, 2.05) is 12.1 Å². The molecular weight excluding hydrogens is 162 g/mol. The van der Waals surface area contributed by atoms with E-state index in [0.717, 1.165) is 17.0 Å². The summed E-state index contributed by atoms with van der Waals surface area (Å²) in [6, 6.07) is 6.00. The number of para-hydroxylation sites is 1. The van der Waals surface area contributed by atoms with Crippen LogP contribution < -0.4 is 0 Å². The van der Waals surface area contributed by atoms with Gasteiger partial charge in [0.25, 0.3) is 0 Å². The van der Waals surface area contributed by atoms with Crippen molar-refractivity contribution in [3.63, 3.8) is 0 Å². The van der Waals surface area contributed by atoms with Crippen molar-refractivity contribution in [1.82, 2.24) is 4.98 Å². The molecule has 68 valence electrons. The van der Waals surface area contributed by atoms with Crippen LogP contribution in [-0.4, -0.2) is 4.98 Å². The Bertz CT molecular complexity index is 429. The molecule has 0 bridgehead atoms. The monoisotopic (exact) mass is 175 g/mol. The number of aromatic nitrogens is 1. The normalized spacial score (nSPS) is 11.4. The Balaban J connectivity index is 2.68. The summed E-state index contributed by atoms with van der Waals surface area (Å²) in [5.74, 6) is 1.18. The minimum atomic E-state index is 0.354. The van der Waals surface area contributed by atoms with Crippen LogP contribution in [0.5, 0.6) is 0 Å². The average Bonchev–Trinajstić information content (AvgIpc) is 2.49. The molecule has 0 atom stereocenters. The Hall–Kier alpha value is -1.31. The van der Waals surface area contributed by atoms with Crippen LogP contribution in [0.3, 0.4) is 0 Å². The second kappa shape index (κ2) is 2.87. The molecule has 1 aromatic heterocycles. The van der Waals surface area contributed by atoms with E-state index >= 15 is 0 Å². The number of oxazole rings is 1. The highest BCUT2D eigenvalue weighted by atomic mass is 16.3. The van der Waals surface area contributed by atoms with Gasteiger partial charge in [0.1, 0.15) is 5.52 Å². The van der Waals surface area contributed by atoms with Crippen LogP contribution in [0.1, 0.15) is 31.2 Å². The van der Waals surface area contributed by atoms with E-state index in [9.17, 15) is 0 Å². The molecule has 13 heavy (non-hydrogen) atoms. The number of hydrogen-bond donors (Lipinski definition) is 0. The fraction of sp³-hybridized carbons (Fsp3) is 0.364. The summed E-state index contributed by atoms with van der Waals surface area (Å²) in [7, 11) is 0. The van der Waals surface area contributed by atoms with Gasteiger partial charge >= 0.3 is 0 Å². The maximum atomic E-state index is 5.60. The first kappa shape index (κ1) is 8.30. The smallest absolute Gasteiger partial charge is 0.198 e. The summed E-state index contributed by atoms with van der Waals surface area (Å²) >= 11 is 0. The van der Waals surface area contributed by atoms with Gasteiger partial charge in [-0.15, -0.1) is 0 Å². The molecule has 0 amide bonds. The van der Waals surface area contributed by atoms with E-state index < -0.39 is 0 Å². The molecule has 0 aliphatic heterocycles. The van der Waals surface area contributed by atoms with Crippen molar-refractivity contribution >= 4 is 11.1 Å². The van der Waals surface area contributed by atoms with Gasteiger partial charge in [0.15, 0.2) is 11.5 Å². The van der Waals surface area contributed by atoms with Crippen LogP contribution >= 0.6 is 0 Å². The summed E-state index contributed by atoms with van der Waals surface area (Å²) in [6.07, 6.45) is 0. The zero-order valence-electron chi connectivity index (χ0n) is 8.16. The quantitative estimate of drug-likeness (QED) is 0.664. The Morgan fingerprint density at radius 2 is 2.08 bits per heavy atom. The van der Waals surface area contributed by atoms with Crippen LogP contribution in [-0.2, 0) is 0 Å². The fourth-order valence-corrected chi connectivity index (χ4v) is 1.35. The Kier molecular flexibility index (Phi) is 1.83. The molecule has 2 aromatic rings. The summed E-state index contributed by atoms with van der Waals surface area (Å²) < 4.78 is 5.60. The van der Waals surface area contributed by atoms with E-state index in [-0.39, 0.29) is 0 Å². The highest BCUT2D eigenvalue weighted by Crippen LogP contribution is 2.22. The van der Waals surface area contributed by atoms with Gasteiger partial charge in [-0.05, 0) is 18.6 Å². The lowest BCUT2D eigenvalue weighted by Crippen LogP contribution is -1.85. The molecule has 2 nitrogen and oxygen atoms in total. The lowest BCUT2D eigenvalue weighted by atomic mass is 10.2. The van der Waals surface area contributed by atoms with Crippen molar-refractivity contribution in [3.8, 4) is 0 Å². The predicted octanol–water partition coefficient (Wildman–Crippen LogP) is 3.26. The van der Waals surface area contributed by atoms with Gasteiger partial charge in [-0.3, -0.25) is 0 Å². The van der Waals surface area contributed by atoms with Gasteiger partial charge in [-0.25, -0.2) is 4.98 Å². The third-order valence-electron chi connectivity index (χ3n) is 2.13. The fourth-order valence-electron chi connectivity index (χ4n) is 1.35. The number of benzene rings is 1. The summed E-state index contributed by atoms with van der Waals surface area (Å²) in [5.41, 5.74) is 3.06. The summed E-state index contributed by atoms with van der Waals surface area (Å²) in [5, 5.41) is 0. The van der Waals surface area contributed by atoms with Gasteiger partial charge in [0.05, 0.1) is 0 Å². The highest BCUT2D eigenvalue weighted by Gasteiger charge is 2.09. The van der Waals surface area contributed by atoms with Crippen molar-refractivity contribution < 1.29 is 4.42 Å². The van der Waals surface area contributed by atoms with Gasteiger partial charge in [0, 0.05) is 5.92 Å². The topological polar surface area (TPSA) is 26.0 Å². The molecule has 0 radical (unpaired) electrons. The third kappa shape index (κ3) is 1.32. The van der Waals surface area contributed by atoms with Crippen molar-refractivity contribution in [1.29, 1.82) is 0 Å². The third-order valence-corrected chi connectivity index (χ3v) is 2.13. The van der Waals surface area contributed by atoms with Gasteiger partial charge in [-0.2, -0.15) is 0 Å². The van der Waals surface area contributed by atoms with Crippen molar-refractivity contribution in [2.45, 2.75) is 26.7 Å². The zero-order valence-corrected chi connectivity index (χ0v) is 8.16. The number of aryl methyl sites for hydroxylation is 1. The maximum Gasteiger partial charge on any atom is 0.198 e. The summed E-state index contributed by atoms with van der Waals surface area (Å²) in [6.45, 7) is 6.22. The van der Waals surface area contributed by atoms with E-state index in [0.29, 0.717) is 5.92 Å². The van der Waals surface area contributed by atoms with Crippen LogP contribution in [0.15, 0.2) is 22.6 Å². The minimum absolute atomic E-state index is 0.354. The number of rotatable bonds is 1. The Morgan fingerprint density at radius 3 is 2.69 bits per heavy atom. The van der Waals surface area contributed by atoms with Crippen molar-refractivity contribution in [2.75, 3.05) is 0 Å². The van der Waals surface area contributed by atoms with Gasteiger partial charge < -0.3 is 4.42 Å². The molecule has 1 aromatic carbocycles. The van der Waals surface area contributed by atoms with Crippen LogP contribution in [0.25, 0.3) is 11.1 Å². The number of hydrogen-bond acceptors (Lipinski definition) is 2. The lowest BCUT2D eigenvalue weighted by molar-refractivity contribution is 0.501. The molecule has 0 spiro atoms. The van der Waals surface area contributed by atoms with Crippen LogP contribution in [0.4, 0.5) is 0 Å². The van der Waals surface area contributed by atoms with Gasteiger partial charge in [-0.1, -0.05) is 26.0 Å². The SMILES string of the molecule is Cc1cccc2oc(C(C)C)nc12. The second-order valence-corrected chi connectivity index (χ2v) is 3.63. The van der Waals surface area contributed by atoms with Crippen molar-refractivity contribution in [3.05, 3.63) is 29.7 Å². The molecule has 0 aliphatic carbocycles. The highest BCUT2D eigenvalue weighted by molar-refractivity contribution is 5.76. The first-order valence-electron chi connectivity index (χ1n) is 4.54. The molecule has 2 heteroatoms. The predicted molar refractivity (Wildman–Crippen MR) is 52.8 cm³/mol. The van der Waals surface area contributed by atoms with E-state index in [1.165, 1.54) is 5.56 Å². The summed E-state index contributed by atoms with van der Waals surface area (Å²) in [4.78, 5) is 4.45. The molecule has 2 rings (SSSR count). The molecular formula is C11H13NO. The molecule has 0 unspecified atom stereocenters. The lowest BCUT2D eigenvalue weighted by Gasteiger charge is -1.93. The number of fused-ring (bicyclic) bond motifs is 1. The molecule has 0 aliphatic rings. The average molecular weight is 175 g/mol. The van der Waals surface area contributed by atoms with Crippen LogP contribution in [0, 0.1) is 6.92 Å². The Morgan fingerprint density at radius 1 is 1.31 bits per heavy atom. The molecule has 1 heterocycles. The van der Waals surface area contributed by atoms with Crippen molar-refractivity contribution in [2.24, 2.45) is 0 Å². The molecule has 0 fully saturated rings.